The summed E-state index contributed by atoms with van der Waals surface area (Å²) < 4.78 is 140. The zero-order valence-electron chi connectivity index (χ0n) is 94.8. The lowest BCUT2D eigenvalue weighted by Gasteiger charge is -2.14. The van der Waals surface area contributed by atoms with Gasteiger partial charge in [0.15, 0.2) is 34.9 Å². The Morgan fingerprint density at radius 2 is 0.387 bits per heavy atom. The van der Waals surface area contributed by atoms with E-state index < -0.39 is 54.4 Å². The highest BCUT2D eigenvalue weighted by molar-refractivity contribution is 6.32. The molecule has 0 saturated heterocycles. The Labute approximate surface area is 882 Å². The summed E-state index contributed by atoms with van der Waals surface area (Å²) in [6.45, 7) is 0. The number of rotatable bonds is 15. The summed E-state index contributed by atoms with van der Waals surface area (Å²) >= 11 is 0. The topological polar surface area (TPSA) is 146 Å². The van der Waals surface area contributed by atoms with Gasteiger partial charge in [0.25, 0.3) is 0 Å². The van der Waals surface area contributed by atoms with E-state index in [9.17, 15) is 0 Å². The maximum absolute atomic E-state index is 8.78. The average molecular weight is 1930 g/mol. The minimum Gasteiger partial charge on any atom is -0.309 e. The summed E-state index contributed by atoms with van der Waals surface area (Å²) in [6, 6.07) is 141. The molecule has 0 aliphatic heterocycles. The van der Waals surface area contributed by atoms with Gasteiger partial charge in [-0.2, -0.15) is 29.9 Å². The predicted molar refractivity (Wildman–Crippen MR) is 614 cm³/mol. The van der Waals surface area contributed by atoms with Gasteiger partial charge in [-0.1, -0.05) is 424 Å². The van der Waals surface area contributed by atoms with Crippen molar-refractivity contribution in [2.45, 2.75) is 0 Å². The van der Waals surface area contributed by atoms with Crippen LogP contribution in [0.5, 0.6) is 0 Å². The third-order valence-corrected chi connectivity index (χ3v) is 27.8. The molecule has 15 nitrogen and oxygen atoms in total. The summed E-state index contributed by atoms with van der Waals surface area (Å²) in [6.07, 6.45) is 0. The van der Waals surface area contributed by atoms with Crippen LogP contribution in [-0.2, 0) is 0 Å². The molecule has 0 N–H and O–H groups in total. The van der Waals surface area contributed by atoms with Crippen LogP contribution in [0.3, 0.4) is 0 Å². The molecule has 0 radical (unpaired) electrons. The van der Waals surface area contributed by atoms with Crippen molar-refractivity contribution in [1.29, 1.82) is 0 Å². The Morgan fingerprint density at radius 1 is 0.147 bits per heavy atom. The molecular formula is C135H87N15. The smallest absolute Gasteiger partial charge is 0.238 e. The van der Waals surface area contributed by atoms with Gasteiger partial charge < -0.3 is 13.7 Å². The molecule has 0 saturated carbocycles. The SMILES string of the molecule is [2H]c1c([2H])c([2H])c(-c2nc(-c3ccccc3)nc(-n3c4ccccc4c4c5c6ccccc6n(-c6ccc(-c7ccccc7)cc6)c5ccc43)n2)c([2H])c1[2H].[2H]c1c([2H])c([2H])c(-c2nc(-c3ccccc3)nc(-n3c4ccccc4c4c5c6ccccc6n(-c6cccc(-c7ccccc7)c6)c5ccc43)n2)c([2H])c1[2H].[2H]c1c([2H])c([2H])c(-c2nc(-c3ccccc3)nc(-n3c4ccccc4c4c5c6ccccc6n(-c6ccccc6-c6ccccc6)c5ccc43)n2)c([2H])c1[2H]. The highest BCUT2D eigenvalue weighted by Gasteiger charge is 2.29. The molecule has 30 aromatic rings. The average Bonchev–Trinajstić information content (AvgIpc) is 1.55. The van der Waals surface area contributed by atoms with Crippen LogP contribution in [-0.4, -0.2) is 72.3 Å². The van der Waals surface area contributed by atoms with E-state index in [0.717, 1.165) is 181 Å². The Balaban J connectivity index is 0.000000116. The Hall–Kier alpha value is -20.5. The minimum absolute atomic E-state index is 0.0107. The van der Waals surface area contributed by atoms with E-state index in [-0.39, 0.29) is 88.3 Å². The van der Waals surface area contributed by atoms with Gasteiger partial charge in [0.2, 0.25) is 17.8 Å². The molecule has 9 aromatic heterocycles. The normalized spacial score (nSPS) is 13.0. The summed E-state index contributed by atoms with van der Waals surface area (Å²) in [5, 5.41) is 12.6. The largest absolute Gasteiger partial charge is 0.309 e. The monoisotopic (exact) mass is 1930 g/mol. The van der Waals surface area contributed by atoms with E-state index in [4.69, 9.17) is 65.4 Å². The lowest BCUT2D eigenvalue weighted by atomic mass is 10.0. The van der Waals surface area contributed by atoms with Crippen LogP contribution >= 0.6 is 0 Å². The van der Waals surface area contributed by atoms with E-state index in [0.29, 0.717) is 34.2 Å². The molecule has 0 fully saturated rings. The van der Waals surface area contributed by atoms with Crippen LogP contribution in [0.15, 0.2) is 527 Å². The first-order chi connectivity index (χ1) is 80.7. The number of hydrogen-bond acceptors (Lipinski definition) is 9. The van der Waals surface area contributed by atoms with E-state index in [2.05, 4.69) is 275 Å². The first kappa shape index (κ1) is 72.7. The van der Waals surface area contributed by atoms with E-state index in [1.54, 1.807) is 0 Å². The van der Waals surface area contributed by atoms with Gasteiger partial charge in [0.05, 0.1) is 92.4 Å². The van der Waals surface area contributed by atoms with Crippen molar-refractivity contribution < 1.29 is 20.6 Å². The van der Waals surface area contributed by atoms with Crippen LogP contribution in [0.1, 0.15) is 20.6 Å². The van der Waals surface area contributed by atoms with Gasteiger partial charge in [0, 0.05) is 115 Å². The summed E-state index contributed by atoms with van der Waals surface area (Å²) in [7, 11) is 0. The highest BCUT2D eigenvalue weighted by Crippen LogP contribution is 2.49. The zero-order chi connectivity index (χ0) is 112. The number of benzene rings is 21. The standard InChI is InChI=1S/3C45H29N5/c1-4-16-30(17-5-1)33-22-10-13-25-36(33)49-37-26-14-11-23-34(37)41-39(49)28-29-40-42(41)35-24-12-15-27-38(35)50(40)45-47-43(31-18-6-2-7-19-31)46-44(48-45)32-20-8-3-9-21-32;1-4-15-30(16-5-1)33-21-14-22-34(29-33)49-37-25-12-10-23-35(37)41-39(49)27-28-40-42(41)36-24-11-13-26-38(36)50(40)45-47-43(31-17-6-2-7-18-31)46-44(48-45)32-19-8-3-9-20-32;1-4-14-30(15-5-1)31-24-26-34(27-25-31)49-37-22-12-10-20-35(37)41-39(49)28-29-40-42(41)36-21-11-13-23-38(36)50(40)45-47-43(32-16-6-2-7-17-32)46-44(48-45)33-18-8-3-9-19-33/h3*1-29H/i2D,6D,7D,18D,19D;2D,6D,7D,17D,18D;2D,6D,7D,16D,17D. The third-order valence-electron chi connectivity index (χ3n) is 27.8. The maximum Gasteiger partial charge on any atom is 0.238 e. The molecular weight excluding hydrogens is 1830 g/mol. The van der Waals surface area contributed by atoms with Gasteiger partial charge in [-0.15, -0.1) is 0 Å². The number of nitrogens with zero attached hydrogens (tertiary/aromatic N) is 15. The molecule has 0 amide bonds. The van der Waals surface area contributed by atoms with Gasteiger partial charge >= 0.3 is 0 Å². The van der Waals surface area contributed by atoms with Crippen molar-refractivity contribution in [2.75, 3.05) is 0 Å². The molecule has 15 heteroatoms. The minimum atomic E-state index is -0.478. The molecule has 30 rings (SSSR count). The van der Waals surface area contributed by atoms with Crippen molar-refractivity contribution in [2.24, 2.45) is 0 Å². The molecule has 0 unspecified atom stereocenters. The number of para-hydroxylation sites is 7. The molecule has 9 heterocycles. The van der Waals surface area contributed by atoms with Crippen molar-refractivity contribution in [3.8, 4) is 137 Å². The fourth-order valence-electron chi connectivity index (χ4n) is 21.4. The summed E-state index contributed by atoms with van der Waals surface area (Å²) in [5.41, 5.74) is 23.3. The second kappa shape index (κ2) is 37.0. The van der Waals surface area contributed by atoms with E-state index >= 15 is 0 Å². The molecule has 0 aliphatic rings. The maximum atomic E-state index is 8.78. The van der Waals surface area contributed by atoms with Gasteiger partial charge in [-0.05, 0) is 131 Å². The summed E-state index contributed by atoms with van der Waals surface area (Å²) in [4.78, 5) is 43.9. The van der Waals surface area contributed by atoms with E-state index in [1.165, 1.54) is 0 Å². The molecule has 0 bridgehead atoms. The number of hydrogen-bond donors (Lipinski definition) is 0. The number of fused-ring (bicyclic) bond motifs is 21. The van der Waals surface area contributed by atoms with Gasteiger partial charge in [0.1, 0.15) is 0 Å². The van der Waals surface area contributed by atoms with Crippen LogP contribution in [0.2, 0.25) is 0 Å². The van der Waals surface area contributed by atoms with Gasteiger partial charge in [-0.25, -0.2) is 15.0 Å². The van der Waals surface area contributed by atoms with Crippen LogP contribution in [0.25, 0.3) is 267 Å². The zero-order valence-corrected chi connectivity index (χ0v) is 79.8. The van der Waals surface area contributed by atoms with Crippen molar-refractivity contribution in [1.82, 2.24) is 72.3 Å². The first-order valence-corrected chi connectivity index (χ1v) is 49.2. The second-order valence-electron chi connectivity index (χ2n) is 36.3. The van der Waals surface area contributed by atoms with Crippen molar-refractivity contribution in [3.63, 3.8) is 0 Å². The molecule has 0 aliphatic carbocycles. The van der Waals surface area contributed by atoms with Crippen molar-refractivity contribution in [3.05, 3.63) is 527 Å². The lowest BCUT2D eigenvalue weighted by Crippen LogP contribution is -2.06. The molecule has 21 aromatic carbocycles. The van der Waals surface area contributed by atoms with Crippen LogP contribution < -0.4 is 0 Å². The first-order valence-electron chi connectivity index (χ1n) is 56.7. The Bertz CT molecular complexity index is 11400. The number of aromatic nitrogens is 15. The van der Waals surface area contributed by atoms with Crippen LogP contribution in [0, 0.1) is 0 Å². The van der Waals surface area contributed by atoms with Gasteiger partial charge in [-0.3, -0.25) is 13.7 Å². The Kier molecular flexibility index (Phi) is 17.9. The molecule has 702 valence electrons. The quantitative estimate of drug-likeness (QED) is 0.0979. The second-order valence-corrected chi connectivity index (χ2v) is 36.3. The third kappa shape index (κ3) is 15.1. The predicted octanol–water partition coefficient (Wildman–Crippen LogP) is 33.2. The Morgan fingerprint density at radius 3 is 0.727 bits per heavy atom. The highest BCUT2D eigenvalue weighted by atomic mass is 15.2. The van der Waals surface area contributed by atoms with Crippen molar-refractivity contribution >= 4 is 131 Å². The molecule has 150 heavy (non-hydrogen) atoms. The van der Waals surface area contributed by atoms with E-state index in [1.807, 2.05) is 190 Å². The fraction of sp³-hybridized carbons (Fsp3) is 0. The summed E-state index contributed by atoms with van der Waals surface area (Å²) in [5.74, 6) is 1.70. The molecule has 0 spiro atoms. The van der Waals surface area contributed by atoms with Crippen LogP contribution in [0.4, 0.5) is 0 Å². The fourth-order valence-corrected chi connectivity index (χ4v) is 21.4. The lowest BCUT2D eigenvalue weighted by molar-refractivity contribution is 0.953. The molecule has 0 atom stereocenters.